The number of aliphatic carboxylic acids is 1. The molecule has 0 radical (unpaired) electrons. The molecule has 0 spiro atoms. The van der Waals surface area contributed by atoms with Gasteiger partial charge in [0.15, 0.2) is 5.13 Å². The molecular formula is C14H23N3O2S. The quantitative estimate of drug-likeness (QED) is 0.771. The first-order chi connectivity index (χ1) is 9.63. The van der Waals surface area contributed by atoms with E-state index in [1.807, 2.05) is 5.38 Å². The number of thiazole rings is 1. The highest BCUT2D eigenvalue weighted by molar-refractivity contribution is 7.13. The fourth-order valence-corrected chi connectivity index (χ4v) is 3.22. The second kappa shape index (κ2) is 7.59. The molecule has 1 unspecified atom stereocenters. The number of aryl methyl sites for hydroxylation is 1. The van der Waals surface area contributed by atoms with Crippen molar-refractivity contribution in [1.29, 1.82) is 0 Å². The maximum absolute atomic E-state index is 10.5. The van der Waals surface area contributed by atoms with Crippen molar-refractivity contribution in [3.63, 3.8) is 0 Å². The van der Waals surface area contributed by atoms with Gasteiger partial charge in [-0.25, -0.2) is 4.98 Å². The zero-order valence-electron chi connectivity index (χ0n) is 12.0. The summed E-state index contributed by atoms with van der Waals surface area (Å²) in [6, 6.07) is 0. The summed E-state index contributed by atoms with van der Waals surface area (Å²) in [5.74, 6) is -0.175. The van der Waals surface area contributed by atoms with E-state index in [1.54, 1.807) is 11.3 Å². The number of carboxylic acid groups (broad SMARTS) is 1. The molecule has 1 atom stereocenters. The Morgan fingerprint density at radius 2 is 2.30 bits per heavy atom. The third-order valence-electron chi connectivity index (χ3n) is 3.52. The van der Waals surface area contributed by atoms with E-state index in [2.05, 4.69) is 22.1 Å². The van der Waals surface area contributed by atoms with Gasteiger partial charge in [0.25, 0.3) is 0 Å². The number of hydrogen-bond acceptors (Lipinski definition) is 5. The van der Waals surface area contributed by atoms with E-state index in [1.165, 1.54) is 25.9 Å². The van der Waals surface area contributed by atoms with Crippen molar-refractivity contribution in [2.24, 2.45) is 5.92 Å². The van der Waals surface area contributed by atoms with Crippen LogP contribution in [0, 0.1) is 5.92 Å². The molecule has 1 saturated heterocycles. The summed E-state index contributed by atoms with van der Waals surface area (Å²) in [5, 5.41) is 14.9. The molecule has 1 aromatic rings. The number of rotatable bonds is 8. The Balaban J connectivity index is 1.68. The fraction of sp³-hybridized carbons (Fsp3) is 0.714. The molecule has 1 aliphatic rings. The summed E-state index contributed by atoms with van der Waals surface area (Å²) >= 11 is 1.56. The van der Waals surface area contributed by atoms with Crippen LogP contribution in [0.1, 0.15) is 31.9 Å². The molecule has 112 valence electrons. The normalized spacial score (nSPS) is 17.2. The number of carboxylic acids is 1. The molecule has 2 N–H and O–H groups in total. The Kier molecular flexibility index (Phi) is 5.79. The summed E-state index contributed by atoms with van der Waals surface area (Å²) in [4.78, 5) is 17.5. The Labute approximate surface area is 124 Å². The minimum absolute atomic E-state index is 0.147. The van der Waals surface area contributed by atoms with Gasteiger partial charge in [-0.2, -0.15) is 0 Å². The molecule has 1 aromatic heterocycles. The van der Waals surface area contributed by atoms with Gasteiger partial charge in [0.2, 0.25) is 0 Å². The van der Waals surface area contributed by atoms with Crippen LogP contribution in [-0.2, 0) is 11.2 Å². The van der Waals surface area contributed by atoms with Crippen LogP contribution >= 0.6 is 11.3 Å². The van der Waals surface area contributed by atoms with Crippen LogP contribution in [0.25, 0.3) is 0 Å². The van der Waals surface area contributed by atoms with Crippen molar-refractivity contribution >= 4 is 22.4 Å². The van der Waals surface area contributed by atoms with E-state index in [0.717, 1.165) is 23.9 Å². The highest BCUT2D eigenvalue weighted by atomic mass is 32.1. The third-order valence-corrected chi connectivity index (χ3v) is 4.37. The second-order valence-electron chi connectivity index (χ2n) is 5.53. The SMILES string of the molecule is CC(CNc1nc(CCC(=O)O)cs1)CN1CCCC1. The van der Waals surface area contributed by atoms with Crippen LogP contribution in [-0.4, -0.2) is 47.1 Å². The zero-order valence-corrected chi connectivity index (χ0v) is 12.8. The first-order valence-electron chi connectivity index (χ1n) is 7.26. The van der Waals surface area contributed by atoms with E-state index in [4.69, 9.17) is 5.11 Å². The molecule has 1 aliphatic heterocycles. The van der Waals surface area contributed by atoms with Gasteiger partial charge < -0.3 is 15.3 Å². The number of nitrogens with zero attached hydrogens (tertiary/aromatic N) is 2. The van der Waals surface area contributed by atoms with Crippen LogP contribution in [0.2, 0.25) is 0 Å². The van der Waals surface area contributed by atoms with Gasteiger partial charge in [0.05, 0.1) is 12.1 Å². The fourth-order valence-electron chi connectivity index (χ4n) is 2.47. The summed E-state index contributed by atoms with van der Waals surface area (Å²) in [6.45, 7) is 6.79. The van der Waals surface area contributed by atoms with E-state index < -0.39 is 5.97 Å². The van der Waals surface area contributed by atoms with E-state index in [0.29, 0.717) is 12.3 Å². The standard InChI is InChI=1S/C14H23N3O2S/c1-11(9-17-6-2-3-7-17)8-15-14-16-12(10-20-14)4-5-13(18)19/h10-11H,2-9H2,1H3,(H,15,16)(H,18,19). The van der Waals surface area contributed by atoms with Crippen molar-refractivity contribution in [3.05, 3.63) is 11.1 Å². The van der Waals surface area contributed by atoms with E-state index in [9.17, 15) is 4.79 Å². The molecule has 5 nitrogen and oxygen atoms in total. The minimum atomic E-state index is -0.772. The smallest absolute Gasteiger partial charge is 0.303 e. The molecule has 1 fully saturated rings. The largest absolute Gasteiger partial charge is 0.481 e. The molecule has 0 aromatic carbocycles. The zero-order chi connectivity index (χ0) is 14.4. The Morgan fingerprint density at radius 1 is 1.55 bits per heavy atom. The Morgan fingerprint density at radius 3 is 3.00 bits per heavy atom. The summed E-state index contributed by atoms with van der Waals surface area (Å²) < 4.78 is 0. The van der Waals surface area contributed by atoms with Crippen molar-refractivity contribution in [1.82, 2.24) is 9.88 Å². The number of likely N-dealkylation sites (tertiary alicyclic amines) is 1. The molecule has 20 heavy (non-hydrogen) atoms. The number of aromatic nitrogens is 1. The molecule has 2 rings (SSSR count). The van der Waals surface area contributed by atoms with Crippen LogP contribution in [0.4, 0.5) is 5.13 Å². The van der Waals surface area contributed by atoms with Crippen LogP contribution in [0.15, 0.2) is 5.38 Å². The van der Waals surface area contributed by atoms with Crippen molar-refractivity contribution in [2.75, 3.05) is 31.5 Å². The van der Waals surface area contributed by atoms with Gasteiger partial charge in [-0.15, -0.1) is 11.3 Å². The lowest BCUT2D eigenvalue weighted by molar-refractivity contribution is -0.136. The third kappa shape index (κ3) is 5.09. The van der Waals surface area contributed by atoms with Gasteiger partial charge in [0.1, 0.15) is 0 Å². The first-order valence-corrected chi connectivity index (χ1v) is 8.14. The van der Waals surface area contributed by atoms with E-state index in [-0.39, 0.29) is 6.42 Å². The van der Waals surface area contributed by atoms with Crippen molar-refractivity contribution in [2.45, 2.75) is 32.6 Å². The topological polar surface area (TPSA) is 65.5 Å². The molecule has 0 amide bonds. The molecule has 0 aliphatic carbocycles. The lowest BCUT2D eigenvalue weighted by Crippen LogP contribution is -2.28. The minimum Gasteiger partial charge on any atom is -0.481 e. The van der Waals surface area contributed by atoms with Crippen LogP contribution in [0.3, 0.4) is 0 Å². The molecular weight excluding hydrogens is 274 g/mol. The molecule has 0 bridgehead atoms. The Hall–Kier alpha value is -1.14. The lowest BCUT2D eigenvalue weighted by Gasteiger charge is -2.20. The average molecular weight is 297 g/mol. The number of nitrogens with one attached hydrogen (secondary N) is 1. The van der Waals surface area contributed by atoms with Crippen molar-refractivity contribution in [3.8, 4) is 0 Å². The second-order valence-corrected chi connectivity index (χ2v) is 6.39. The maximum atomic E-state index is 10.5. The molecule has 0 saturated carbocycles. The molecule has 2 heterocycles. The summed E-state index contributed by atoms with van der Waals surface area (Å²) in [6.07, 6.45) is 3.32. The predicted octanol–water partition coefficient (Wildman–Crippen LogP) is 2.30. The average Bonchev–Trinajstić information content (AvgIpc) is 3.05. The van der Waals surface area contributed by atoms with Crippen LogP contribution < -0.4 is 5.32 Å². The summed E-state index contributed by atoms with van der Waals surface area (Å²) in [7, 11) is 0. The van der Waals surface area contributed by atoms with Gasteiger partial charge in [-0.05, 0) is 31.8 Å². The number of anilines is 1. The number of hydrogen-bond donors (Lipinski definition) is 2. The summed E-state index contributed by atoms with van der Waals surface area (Å²) in [5.41, 5.74) is 0.868. The van der Waals surface area contributed by atoms with Gasteiger partial charge in [-0.3, -0.25) is 4.79 Å². The van der Waals surface area contributed by atoms with Crippen LogP contribution in [0.5, 0.6) is 0 Å². The predicted molar refractivity (Wildman–Crippen MR) is 81.4 cm³/mol. The lowest BCUT2D eigenvalue weighted by atomic mass is 10.1. The van der Waals surface area contributed by atoms with Gasteiger partial charge in [-0.1, -0.05) is 6.92 Å². The monoisotopic (exact) mass is 297 g/mol. The highest BCUT2D eigenvalue weighted by Crippen LogP contribution is 2.17. The van der Waals surface area contributed by atoms with E-state index >= 15 is 0 Å². The maximum Gasteiger partial charge on any atom is 0.303 e. The van der Waals surface area contributed by atoms with Crippen molar-refractivity contribution < 1.29 is 9.90 Å². The van der Waals surface area contributed by atoms with Gasteiger partial charge in [0, 0.05) is 24.9 Å². The first kappa shape index (κ1) is 15.3. The molecule has 6 heteroatoms. The van der Waals surface area contributed by atoms with Gasteiger partial charge >= 0.3 is 5.97 Å². The highest BCUT2D eigenvalue weighted by Gasteiger charge is 2.14. The Bertz CT molecular complexity index is 430. The number of carbonyl (C=O) groups is 1.